The van der Waals surface area contributed by atoms with E-state index >= 15 is 0 Å². The van der Waals surface area contributed by atoms with E-state index in [9.17, 15) is 9.59 Å². The Bertz CT molecular complexity index is 1350. The first-order valence-corrected chi connectivity index (χ1v) is 14.6. The van der Waals surface area contributed by atoms with E-state index in [2.05, 4.69) is 31.4 Å². The van der Waals surface area contributed by atoms with Crippen LogP contribution in [0.2, 0.25) is 0 Å². The maximum absolute atomic E-state index is 13.6. The molecule has 2 saturated heterocycles. The van der Waals surface area contributed by atoms with Gasteiger partial charge in [-0.05, 0) is 50.6 Å². The van der Waals surface area contributed by atoms with Crippen LogP contribution in [-0.4, -0.2) is 65.2 Å². The normalized spacial score (nSPS) is 15.9. The van der Waals surface area contributed by atoms with Crippen LogP contribution in [0.25, 0.3) is 23.0 Å². The van der Waals surface area contributed by atoms with Crippen molar-refractivity contribution in [2.75, 3.05) is 33.3 Å². The lowest BCUT2D eigenvalue weighted by Gasteiger charge is -2.25. The van der Waals surface area contributed by atoms with Crippen LogP contribution in [-0.2, 0) is 11.4 Å². The molecule has 2 fully saturated rings. The molecule has 1 aromatic carbocycles. The van der Waals surface area contributed by atoms with Crippen molar-refractivity contribution >= 4 is 29.7 Å². The van der Waals surface area contributed by atoms with E-state index in [-0.39, 0.29) is 5.91 Å². The summed E-state index contributed by atoms with van der Waals surface area (Å²) in [4.78, 5) is 27.0. The van der Waals surface area contributed by atoms with Crippen LogP contribution < -0.4 is 9.47 Å². The minimum absolute atomic E-state index is 0.00668. The quantitative estimate of drug-likeness (QED) is 0.377. The number of carbonyl (C=O) groups excluding carboxylic acids is 2. The molecule has 39 heavy (non-hydrogen) atoms. The zero-order chi connectivity index (χ0) is 27.4. The van der Waals surface area contributed by atoms with Gasteiger partial charge in [0.2, 0.25) is 6.41 Å². The molecule has 2 amide bonds. The zero-order valence-electron chi connectivity index (χ0n) is 22.9. The van der Waals surface area contributed by atoms with Crippen LogP contribution in [0.1, 0.15) is 67.6 Å². The number of amides is 2. The summed E-state index contributed by atoms with van der Waals surface area (Å²) in [7, 11) is 1.67. The number of nitrogens with zero attached hydrogens (tertiary/aromatic N) is 4. The molecule has 0 bridgehead atoms. The smallest absolute Gasteiger partial charge is 0.274 e. The van der Waals surface area contributed by atoms with Gasteiger partial charge in [0.25, 0.3) is 5.91 Å². The number of likely N-dealkylation sites (tertiary alicyclic amines) is 2. The zero-order valence-corrected chi connectivity index (χ0v) is 23.8. The molecule has 0 spiro atoms. The van der Waals surface area contributed by atoms with Crippen LogP contribution >= 0.6 is 11.3 Å². The Kier molecular flexibility index (Phi) is 8.35. The molecule has 3 aromatic rings. The Hall–Kier alpha value is -3.59. The molecule has 0 unspecified atom stereocenters. The fourth-order valence-corrected chi connectivity index (χ4v) is 5.72. The molecule has 9 heteroatoms. The minimum atomic E-state index is 0.00668. The van der Waals surface area contributed by atoms with Gasteiger partial charge in [-0.25, -0.2) is 4.68 Å². The van der Waals surface area contributed by atoms with Crippen molar-refractivity contribution in [3.63, 3.8) is 0 Å². The lowest BCUT2D eigenvalue weighted by Crippen LogP contribution is -2.35. The second kappa shape index (κ2) is 12.1. The molecular weight excluding hydrogens is 512 g/mol. The first-order valence-electron chi connectivity index (χ1n) is 13.6. The molecule has 0 saturated carbocycles. The van der Waals surface area contributed by atoms with Crippen LogP contribution in [0.4, 0.5) is 0 Å². The highest BCUT2D eigenvalue weighted by Gasteiger charge is 2.33. The van der Waals surface area contributed by atoms with Crippen LogP contribution in [0.3, 0.4) is 0 Å². The van der Waals surface area contributed by atoms with Crippen LogP contribution in [0.5, 0.6) is 11.5 Å². The number of fused-ring (bicyclic) bond motifs is 3. The van der Waals surface area contributed by atoms with Gasteiger partial charge in [-0.1, -0.05) is 24.5 Å². The molecule has 3 aliphatic rings. The average molecular weight is 549 g/mol. The van der Waals surface area contributed by atoms with Crippen molar-refractivity contribution in [2.24, 2.45) is 0 Å². The summed E-state index contributed by atoms with van der Waals surface area (Å²) in [6, 6.07) is 6.06. The number of methoxy groups -OCH3 is 1. The molecular formula is C30H36N4O4S. The van der Waals surface area contributed by atoms with E-state index in [1.807, 2.05) is 27.1 Å². The molecule has 0 atom stereocenters. The molecule has 206 valence electrons. The summed E-state index contributed by atoms with van der Waals surface area (Å²) in [5.74, 6) is 1.52. The van der Waals surface area contributed by atoms with Gasteiger partial charge in [0.15, 0.2) is 5.69 Å². The molecule has 6 rings (SSSR count). The van der Waals surface area contributed by atoms with Crippen molar-refractivity contribution in [3.05, 3.63) is 51.4 Å². The summed E-state index contributed by atoms with van der Waals surface area (Å²) in [6.45, 7) is 7.97. The van der Waals surface area contributed by atoms with E-state index < -0.39 is 0 Å². The second-order valence-electron chi connectivity index (χ2n) is 10.4. The monoisotopic (exact) mass is 548 g/mol. The Labute approximate surface area is 233 Å². The average Bonchev–Trinajstić information content (AvgIpc) is 3.48. The van der Waals surface area contributed by atoms with E-state index in [0.717, 1.165) is 85.0 Å². The van der Waals surface area contributed by atoms with Crippen molar-refractivity contribution < 1.29 is 19.1 Å². The number of hydrogen-bond acceptors (Lipinski definition) is 6. The van der Waals surface area contributed by atoms with Gasteiger partial charge < -0.3 is 19.3 Å². The number of carbonyl (C=O) groups is 2. The van der Waals surface area contributed by atoms with Gasteiger partial charge in [0.1, 0.15) is 18.1 Å². The minimum Gasteiger partial charge on any atom is -0.496 e. The Balaban J connectivity index is 0.000000455. The Morgan fingerprint density at radius 1 is 1.08 bits per heavy atom. The third-order valence-corrected chi connectivity index (χ3v) is 7.94. The summed E-state index contributed by atoms with van der Waals surface area (Å²) in [5, 5.41) is 8.97. The highest BCUT2D eigenvalue weighted by atomic mass is 32.1. The Morgan fingerprint density at radius 2 is 1.85 bits per heavy atom. The molecule has 0 aliphatic carbocycles. The maximum Gasteiger partial charge on any atom is 0.274 e. The first kappa shape index (κ1) is 27.0. The number of hydrogen-bond donors (Lipinski definition) is 0. The van der Waals surface area contributed by atoms with Gasteiger partial charge in [0.05, 0.1) is 18.5 Å². The third-order valence-electron chi connectivity index (χ3n) is 7.27. The predicted molar refractivity (Wildman–Crippen MR) is 154 cm³/mol. The molecule has 2 aromatic heterocycles. The highest BCUT2D eigenvalue weighted by molar-refractivity contribution is 7.08. The van der Waals surface area contributed by atoms with Gasteiger partial charge >= 0.3 is 0 Å². The molecule has 0 N–H and O–H groups in total. The molecule has 5 heterocycles. The van der Waals surface area contributed by atoms with Crippen molar-refractivity contribution in [3.8, 4) is 28.4 Å². The van der Waals surface area contributed by atoms with Crippen molar-refractivity contribution in [2.45, 2.75) is 52.6 Å². The summed E-state index contributed by atoms with van der Waals surface area (Å²) in [6.07, 6.45) is 8.63. The van der Waals surface area contributed by atoms with Gasteiger partial charge in [-0.2, -0.15) is 16.4 Å². The van der Waals surface area contributed by atoms with E-state index in [0.29, 0.717) is 12.3 Å². The topological polar surface area (TPSA) is 76.9 Å². The summed E-state index contributed by atoms with van der Waals surface area (Å²) < 4.78 is 13.7. The molecule has 8 nitrogen and oxygen atoms in total. The fourth-order valence-electron chi connectivity index (χ4n) is 5.10. The standard InChI is InChI=1S/C26H29N3O3S.C4H7NO/c1-17(2)12-18-13-20-23(14-22(18)31-3)32-15-21-24(26(30)28-9-6-4-5-7-10-28)27-29(25(20)21)19-8-11-33-16-19;6-4-5-2-1-3-5/h8,11-14,16H,4-7,9-10,15H2,1-3H3;4H,1-3H2. The number of ether oxygens (including phenoxy) is 2. The number of aromatic nitrogens is 2. The Morgan fingerprint density at radius 3 is 2.41 bits per heavy atom. The predicted octanol–water partition coefficient (Wildman–Crippen LogP) is 5.79. The van der Waals surface area contributed by atoms with E-state index in [1.54, 1.807) is 23.3 Å². The van der Waals surface area contributed by atoms with Crippen molar-refractivity contribution in [1.29, 1.82) is 0 Å². The number of allylic oxidation sites excluding steroid dienone is 1. The van der Waals surface area contributed by atoms with Gasteiger partial charge in [0, 0.05) is 54.3 Å². The lowest BCUT2D eigenvalue weighted by molar-refractivity contribution is -0.121. The number of rotatable bonds is 5. The number of thiophene rings is 1. The summed E-state index contributed by atoms with van der Waals surface area (Å²) in [5.41, 5.74) is 6.33. The third kappa shape index (κ3) is 5.73. The second-order valence-corrected chi connectivity index (χ2v) is 11.2. The first-order chi connectivity index (χ1) is 19.0. The van der Waals surface area contributed by atoms with Crippen LogP contribution in [0, 0.1) is 0 Å². The van der Waals surface area contributed by atoms with Gasteiger partial charge in [-0.15, -0.1) is 0 Å². The maximum atomic E-state index is 13.6. The molecule has 3 aliphatic heterocycles. The summed E-state index contributed by atoms with van der Waals surface area (Å²) >= 11 is 1.62. The lowest BCUT2D eigenvalue weighted by atomic mass is 9.98. The number of benzene rings is 1. The van der Waals surface area contributed by atoms with E-state index in [1.165, 1.54) is 24.8 Å². The van der Waals surface area contributed by atoms with Crippen molar-refractivity contribution in [1.82, 2.24) is 19.6 Å². The SMILES string of the molecule is COc1cc2c(cc1C=C(C)C)-c1c(c(C(=O)N3CCCCCC3)nn1-c1ccsc1)CO2.O=CN1CCC1. The molecule has 0 radical (unpaired) electrons. The largest absolute Gasteiger partial charge is 0.496 e. The fraction of sp³-hybridized carbons (Fsp3) is 0.433. The van der Waals surface area contributed by atoms with E-state index in [4.69, 9.17) is 14.6 Å². The van der Waals surface area contributed by atoms with Gasteiger partial charge in [-0.3, -0.25) is 9.59 Å². The van der Waals surface area contributed by atoms with Crippen LogP contribution in [0.15, 0.2) is 34.5 Å². The highest BCUT2D eigenvalue weighted by Crippen LogP contribution is 2.44.